The molecule has 2 atom stereocenters. The van der Waals surface area contributed by atoms with E-state index in [0.717, 1.165) is 11.1 Å². The van der Waals surface area contributed by atoms with Crippen LogP contribution >= 0.6 is 0 Å². The van der Waals surface area contributed by atoms with Gasteiger partial charge in [0.2, 0.25) is 12.3 Å². The van der Waals surface area contributed by atoms with Gasteiger partial charge in [-0.15, -0.1) is 0 Å². The Kier molecular flexibility index (Phi) is 7.54. The van der Waals surface area contributed by atoms with Gasteiger partial charge in [0.25, 0.3) is 0 Å². The quantitative estimate of drug-likeness (QED) is 0.264. The lowest BCUT2D eigenvalue weighted by Gasteiger charge is -2.20. The first kappa shape index (κ1) is 23.7. The van der Waals surface area contributed by atoms with Crippen LogP contribution in [0.1, 0.15) is 23.6 Å². The molecule has 1 amide bonds. The first-order chi connectivity index (χ1) is 17.1. The van der Waals surface area contributed by atoms with E-state index in [1.54, 1.807) is 24.3 Å². The Morgan fingerprint density at radius 1 is 1.03 bits per heavy atom. The van der Waals surface area contributed by atoms with Crippen molar-refractivity contribution in [2.75, 3.05) is 13.7 Å². The SMILES string of the molecule is COC(=O)COc1cccc(C(O)C(NC=O)c2nc(-c3ccccc3)c(-c3ccccc3)o2)c1. The molecule has 0 radical (unpaired) electrons. The second kappa shape index (κ2) is 11.1. The Bertz CT molecular complexity index is 1220. The zero-order valence-corrected chi connectivity index (χ0v) is 19.0. The average Bonchev–Trinajstić information content (AvgIpc) is 3.36. The number of amides is 1. The van der Waals surface area contributed by atoms with Crippen LogP contribution in [0, 0.1) is 0 Å². The largest absolute Gasteiger partial charge is 0.482 e. The van der Waals surface area contributed by atoms with Crippen molar-refractivity contribution < 1.29 is 28.6 Å². The number of carbonyl (C=O) groups is 2. The summed E-state index contributed by atoms with van der Waals surface area (Å²) in [5.41, 5.74) is 2.67. The van der Waals surface area contributed by atoms with Crippen molar-refractivity contribution in [3.63, 3.8) is 0 Å². The predicted molar refractivity (Wildman–Crippen MR) is 128 cm³/mol. The third kappa shape index (κ3) is 5.56. The smallest absolute Gasteiger partial charge is 0.343 e. The Hall–Kier alpha value is -4.43. The summed E-state index contributed by atoms with van der Waals surface area (Å²) < 4.78 is 16.2. The van der Waals surface area contributed by atoms with E-state index in [1.807, 2.05) is 60.7 Å². The molecule has 2 unspecified atom stereocenters. The minimum absolute atomic E-state index is 0.142. The zero-order valence-electron chi connectivity index (χ0n) is 19.0. The number of hydrogen-bond acceptors (Lipinski definition) is 7. The van der Waals surface area contributed by atoms with Crippen molar-refractivity contribution in [1.29, 1.82) is 0 Å². The fourth-order valence-electron chi connectivity index (χ4n) is 3.60. The second-order valence-electron chi connectivity index (χ2n) is 7.61. The van der Waals surface area contributed by atoms with Crippen molar-refractivity contribution in [2.24, 2.45) is 0 Å². The summed E-state index contributed by atoms with van der Waals surface area (Å²) in [6.45, 7) is -0.271. The fourth-order valence-corrected chi connectivity index (χ4v) is 3.60. The van der Waals surface area contributed by atoms with Gasteiger partial charge in [-0.05, 0) is 17.7 Å². The molecule has 8 nitrogen and oxygen atoms in total. The van der Waals surface area contributed by atoms with E-state index in [2.05, 4.69) is 15.0 Å². The normalized spacial score (nSPS) is 12.4. The number of hydrogen-bond donors (Lipinski definition) is 2. The molecule has 0 aliphatic heterocycles. The number of nitrogens with one attached hydrogen (secondary N) is 1. The molecule has 2 N–H and O–H groups in total. The highest BCUT2D eigenvalue weighted by molar-refractivity contribution is 5.77. The number of nitrogens with zero attached hydrogens (tertiary/aromatic N) is 1. The lowest BCUT2D eigenvalue weighted by atomic mass is 10.0. The number of aliphatic hydroxyl groups is 1. The van der Waals surface area contributed by atoms with Crippen molar-refractivity contribution in [1.82, 2.24) is 10.3 Å². The molecule has 4 aromatic rings. The van der Waals surface area contributed by atoms with Gasteiger partial charge in [0, 0.05) is 11.1 Å². The molecule has 0 spiro atoms. The van der Waals surface area contributed by atoms with Crippen molar-refractivity contribution >= 4 is 12.4 Å². The number of methoxy groups -OCH3 is 1. The van der Waals surface area contributed by atoms with E-state index in [1.165, 1.54) is 7.11 Å². The summed E-state index contributed by atoms with van der Waals surface area (Å²) >= 11 is 0. The number of aliphatic hydroxyl groups excluding tert-OH is 1. The minimum Gasteiger partial charge on any atom is -0.482 e. The lowest BCUT2D eigenvalue weighted by molar-refractivity contribution is -0.142. The number of aromatic nitrogens is 1. The number of rotatable bonds is 10. The van der Waals surface area contributed by atoms with Gasteiger partial charge in [-0.25, -0.2) is 9.78 Å². The molecule has 0 saturated carbocycles. The van der Waals surface area contributed by atoms with Gasteiger partial charge >= 0.3 is 5.97 Å². The number of carbonyl (C=O) groups excluding carboxylic acids is 2. The summed E-state index contributed by atoms with van der Waals surface area (Å²) in [6.07, 6.45) is -0.729. The maximum absolute atomic E-state index is 11.5. The summed E-state index contributed by atoms with van der Waals surface area (Å²) in [6, 6.07) is 24.6. The molecule has 178 valence electrons. The molecule has 35 heavy (non-hydrogen) atoms. The first-order valence-electron chi connectivity index (χ1n) is 10.9. The Morgan fingerprint density at radius 2 is 1.71 bits per heavy atom. The standard InChI is InChI=1S/C27H24N2O6/c1-33-22(31)16-34-21-14-8-13-20(15-21)25(32)24(28-17-30)27-29-23(18-9-4-2-5-10-18)26(35-27)19-11-6-3-7-12-19/h2-15,17,24-25,32H,16H2,1H3,(H,28,30). The van der Waals surface area contributed by atoms with Crippen molar-refractivity contribution in [3.05, 3.63) is 96.4 Å². The van der Waals surface area contributed by atoms with Gasteiger partial charge in [0.1, 0.15) is 23.6 Å². The van der Waals surface area contributed by atoms with Crippen LogP contribution in [0.25, 0.3) is 22.6 Å². The van der Waals surface area contributed by atoms with Crippen LogP contribution in [0.4, 0.5) is 0 Å². The van der Waals surface area contributed by atoms with Gasteiger partial charge in [-0.1, -0.05) is 72.8 Å². The maximum atomic E-state index is 11.5. The second-order valence-corrected chi connectivity index (χ2v) is 7.61. The number of ether oxygens (including phenoxy) is 2. The van der Waals surface area contributed by atoms with E-state index in [-0.39, 0.29) is 12.5 Å². The molecule has 0 fully saturated rings. The Labute approximate surface area is 202 Å². The highest BCUT2D eigenvalue weighted by Gasteiger charge is 2.29. The summed E-state index contributed by atoms with van der Waals surface area (Å²) in [5.74, 6) is 0.493. The van der Waals surface area contributed by atoms with E-state index < -0.39 is 18.1 Å². The average molecular weight is 472 g/mol. The molecule has 0 aliphatic rings. The third-order valence-electron chi connectivity index (χ3n) is 5.34. The molecular weight excluding hydrogens is 448 g/mol. The van der Waals surface area contributed by atoms with E-state index >= 15 is 0 Å². The zero-order chi connectivity index (χ0) is 24.6. The summed E-state index contributed by atoms with van der Waals surface area (Å²) in [7, 11) is 1.27. The van der Waals surface area contributed by atoms with Gasteiger partial charge in [-0.2, -0.15) is 0 Å². The monoisotopic (exact) mass is 472 g/mol. The van der Waals surface area contributed by atoms with Crippen LogP contribution in [0.2, 0.25) is 0 Å². The molecule has 0 bridgehead atoms. The van der Waals surface area contributed by atoms with Crippen molar-refractivity contribution in [3.8, 4) is 28.3 Å². The van der Waals surface area contributed by atoms with Gasteiger partial charge in [-0.3, -0.25) is 4.79 Å². The number of benzene rings is 3. The van der Waals surface area contributed by atoms with E-state index in [0.29, 0.717) is 29.2 Å². The maximum Gasteiger partial charge on any atom is 0.343 e. The van der Waals surface area contributed by atoms with Crippen LogP contribution in [-0.4, -0.2) is 36.2 Å². The highest BCUT2D eigenvalue weighted by atomic mass is 16.6. The molecule has 0 saturated heterocycles. The van der Waals surface area contributed by atoms with E-state index in [4.69, 9.17) is 9.15 Å². The third-order valence-corrected chi connectivity index (χ3v) is 5.34. The topological polar surface area (TPSA) is 111 Å². The first-order valence-corrected chi connectivity index (χ1v) is 10.9. The number of oxazole rings is 1. The lowest BCUT2D eigenvalue weighted by Crippen LogP contribution is -2.26. The van der Waals surface area contributed by atoms with Crippen LogP contribution in [0.3, 0.4) is 0 Å². The van der Waals surface area contributed by atoms with Crippen LogP contribution < -0.4 is 10.1 Å². The molecule has 8 heteroatoms. The molecule has 1 aromatic heterocycles. The fraction of sp³-hybridized carbons (Fsp3) is 0.148. The van der Waals surface area contributed by atoms with Crippen LogP contribution in [0.5, 0.6) is 5.75 Å². The Balaban J connectivity index is 1.71. The minimum atomic E-state index is -1.22. The number of esters is 1. The predicted octanol–water partition coefficient (Wildman–Crippen LogP) is 4.08. The summed E-state index contributed by atoms with van der Waals surface area (Å²) in [5, 5.41) is 13.8. The molecule has 1 heterocycles. The molecule has 4 rings (SSSR count). The van der Waals surface area contributed by atoms with Crippen LogP contribution in [-0.2, 0) is 14.3 Å². The molecule has 0 aliphatic carbocycles. The van der Waals surface area contributed by atoms with Gasteiger partial charge in [0.15, 0.2) is 12.4 Å². The van der Waals surface area contributed by atoms with Crippen molar-refractivity contribution in [2.45, 2.75) is 12.1 Å². The molecule has 3 aromatic carbocycles. The Morgan fingerprint density at radius 3 is 2.37 bits per heavy atom. The molecular formula is C27H24N2O6. The summed E-state index contributed by atoms with van der Waals surface area (Å²) in [4.78, 5) is 27.5. The van der Waals surface area contributed by atoms with Gasteiger partial charge < -0.3 is 24.3 Å². The van der Waals surface area contributed by atoms with Gasteiger partial charge in [0.05, 0.1) is 7.11 Å². The van der Waals surface area contributed by atoms with E-state index in [9.17, 15) is 14.7 Å². The van der Waals surface area contributed by atoms with Crippen LogP contribution in [0.15, 0.2) is 89.3 Å². The highest BCUT2D eigenvalue weighted by Crippen LogP contribution is 2.37.